The number of halogens is 1. The second-order valence-corrected chi connectivity index (χ2v) is 6.57. The van der Waals surface area contributed by atoms with Crippen LogP contribution in [0.4, 0.5) is 15.2 Å². The molecule has 3 rings (SSSR count). The Morgan fingerprint density at radius 1 is 1.14 bits per heavy atom. The number of nitrogens with zero attached hydrogens (tertiary/aromatic N) is 2. The summed E-state index contributed by atoms with van der Waals surface area (Å²) in [7, 11) is 1.54. The van der Waals surface area contributed by atoms with Crippen molar-refractivity contribution in [3.05, 3.63) is 71.0 Å². The van der Waals surface area contributed by atoms with E-state index < -0.39 is 11.8 Å². The van der Waals surface area contributed by atoms with Crippen molar-refractivity contribution in [3.63, 3.8) is 0 Å². The molecule has 1 aromatic heterocycles. The van der Waals surface area contributed by atoms with E-state index in [0.29, 0.717) is 22.1 Å². The van der Waals surface area contributed by atoms with Crippen molar-refractivity contribution < 1.29 is 23.5 Å². The fraction of sp³-hybridized carbons (Fsp3) is 0.150. The van der Waals surface area contributed by atoms with Crippen LogP contribution in [0.2, 0.25) is 0 Å². The summed E-state index contributed by atoms with van der Waals surface area (Å²) < 4.78 is 24.4. The maximum Gasteiger partial charge on any atom is 0.338 e. The van der Waals surface area contributed by atoms with Crippen LogP contribution in [0.5, 0.6) is 5.75 Å². The lowest BCUT2D eigenvalue weighted by atomic mass is 10.2. The van der Waals surface area contributed by atoms with Crippen molar-refractivity contribution in [1.82, 2.24) is 4.98 Å². The number of hydrogen-bond acceptors (Lipinski definition) is 6. The summed E-state index contributed by atoms with van der Waals surface area (Å²) >= 11 is 1.16. The van der Waals surface area contributed by atoms with Gasteiger partial charge >= 0.3 is 5.97 Å². The molecule has 0 atom stereocenters. The number of carbonyl (C=O) groups is 2. The van der Waals surface area contributed by atoms with Crippen LogP contribution in [-0.4, -0.2) is 24.0 Å². The van der Waals surface area contributed by atoms with Gasteiger partial charge in [0.25, 0.3) is 0 Å². The highest BCUT2D eigenvalue weighted by Crippen LogP contribution is 2.30. The van der Waals surface area contributed by atoms with Crippen molar-refractivity contribution in [1.29, 1.82) is 0 Å². The van der Waals surface area contributed by atoms with Crippen molar-refractivity contribution in [3.8, 4) is 5.75 Å². The van der Waals surface area contributed by atoms with Crippen LogP contribution in [0.3, 0.4) is 0 Å². The van der Waals surface area contributed by atoms with E-state index in [9.17, 15) is 14.0 Å². The average Bonchev–Trinajstić information content (AvgIpc) is 3.16. The van der Waals surface area contributed by atoms with Crippen LogP contribution in [0.15, 0.2) is 53.9 Å². The molecular weight excluding hydrogens is 383 g/mol. The van der Waals surface area contributed by atoms with Gasteiger partial charge in [0.05, 0.1) is 24.1 Å². The van der Waals surface area contributed by atoms with Crippen molar-refractivity contribution >= 4 is 34.0 Å². The summed E-state index contributed by atoms with van der Waals surface area (Å²) in [6.45, 7) is 1.27. The van der Waals surface area contributed by atoms with E-state index in [4.69, 9.17) is 9.47 Å². The molecule has 0 unspecified atom stereocenters. The van der Waals surface area contributed by atoms with Gasteiger partial charge in [-0.3, -0.25) is 9.69 Å². The maximum absolute atomic E-state index is 14.1. The molecule has 3 aromatic rings. The number of para-hydroxylation sites is 1. The Kier molecular flexibility index (Phi) is 6.00. The zero-order valence-electron chi connectivity index (χ0n) is 15.2. The highest BCUT2D eigenvalue weighted by molar-refractivity contribution is 7.14. The molecular formula is C20H17FN2O4S. The van der Waals surface area contributed by atoms with Crippen LogP contribution < -0.4 is 9.64 Å². The van der Waals surface area contributed by atoms with Crippen molar-refractivity contribution in [2.75, 3.05) is 12.0 Å². The number of methoxy groups -OCH3 is 1. The number of esters is 1. The summed E-state index contributed by atoms with van der Waals surface area (Å²) in [6.07, 6.45) is 0. The molecule has 1 amide bonds. The molecule has 0 aliphatic rings. The lowest BCUT2D eigenvalue weighted by Crippen LogP contribution is -2.23. The first-order valence-corrected chi connectivity index (χ1v) is 9.18. The molecule has 144 valence electrons. The standard InChI is InChI=1S/C20H17FN2O4S/c1-13(24)23(18-6-4-3-5-17(18)21)20-22-15(12-28-20)11-27-19(25)14-7-9-16(26-2)10-8-14/h3-10,12H,11H2,1-2H3. The molecule has 0 radical (unpaired) electrons. The minimum atomic E-state index is -0.527. The number of aromatic nitrogens is 1. The highest BCUT2D eigenvalue weighted by Gasteiger charge is 2.21. The Labute approximate surface area is 165 Å². The highest BCUT2D eigenvalue weighted by atomic mass is 32.1. The van der Waals surface area contributed by atoms with E-state index in [1.807, 2.05) is 0 Å². The molecule has 8 heteroatoms. The Hall–Kier alpha value is -3.26. The van der Waals surface area contributed by atoms with Crippen LogP contribution in [0, 0.1) is 5.82 Å². The summed E-state index contributed by atoms with van der Waals surface area (Å²) in [4.78, 5) is 29.7. The molecule has 1 heterocycles. The van der Waals surface area contributed by atoms with Crippen molar-refractivity contribution in [2.45, 2.75) is 13.5 Å². The Morgan fingerprint density at radius 2 is 1.86 bits per heavy atom. The average molecular weight is 400 g/mol. The molecule has 0 spiro atoms. The Morgan fingerprint density at radius 3 is 2.50 bits per heavy atom. The fourth-order valence-electron chi connectivity index (χ4n) is 2.46. The third-order valence-electron chi connectivity index (χ3n) is 3.82. The first-order chi connectivity index (χ1) is 13.5. The van der Waals surface area contributed by atoms with Crippen LogP contribution in [-0.2, 0) is 16.1 Å². The molecule has 0 fully saturated rings. The number of ether oxygens (including phenoxy) is 2. The first kappa shape index (κ1) is 19.5. The second-order valence-electron chi connectivity index (χ2n) is 5.73. The molecule has 0 N–H and O–H groups in total. The molecule has 28 heavy (non-hydrogen) atoms. The van der Waals surface area contributed by atoms with Crippen molar-refractivity contribution in [2.24, 2.45) is 0 Å². The predicted molar refractivity (Wildman–Crippen MR) is 103 cm³/mol. The lowest BCUT2D eigenvalue weighted by Gasteiger charge is -2.18. The van der Waals surface area contributed by atoms with Gasteiger partial charge in [-0.2, -0.15) is 0 Å². The summed E-state index contributed by atoms with van der Waals surface area (Å²) in [5, 5.41) is 1.96. The van der Waals surface area contributed by atoms with Gasteiger partial charge in [-0.15, -0.1) is 11.3 Å². The van der Waals surface area contributed by atoms with Gasteiger partial charge in [0.15, 0.2) is 5.13 Å². The molecule has 0 saturated heterocycles. The zero-order chi connectivity index (χ0) is 20.1. The molecule has 2 aromatic carbocycles. The van der Waals surface area contributed by atoms with Gasteiger partial charge in [0.1, 0.15) is 18.2 Å². The minimum absolute atomic E-state index is 0.0651. The number of anilines is 2. The topological polar surface area (TPSA) is 68.7 Å². The molecule has 0 bridgehead atoms. The first-order valence-electron chi connectivity index (χ1n) is 8.30. The monoisotopic (exact) mass is 400 g/mol. The van der Waals surface area contributed by atoms with Gasteiger partial charge < -0.3 is 9.47 Å². The zero-order valence-corrected chi connectivity index (χ0v) is 16.0. The Balaban J connectivity index is 1.71. The number of benzene rings is 2. The number of amides is 1. The van der Waals surface area contributed by atoms with Gasteiger partial charge in [0, 0.05) is 12.3 Å². The predicted octanol–water partition coefficient (Wildman–Crippen LogP) is 4.33. The number of hydrogen-bond donors (Lipinski definition) is 0. The normalized spacial score (nSPS) is 10.4. The van der Waals surface area contributed by atoms with Crippen LogP contribution >= 0.6 is 11.3 Å². The SMILES string of the molecule is COc1ccc(C(=O)OCc2csc(N(C(C)=O)c3ccccc3F)n2)cc1. The largest absolute Gasteiger partial charge is 0.497 e. The van der Waals surface area contributed by atoms with E-state index in [0.717, 1.165) is 11.3 Å². The van der Waals surface area contributed by atoms with E-state index in [2.05, 4.69) is 4.98 Å². The van der Waals surface area contributed by atoms with Crippen LogP contribution in [0.25, 0.3) is 0 Å². The third-order valence-corrected chi connectivity index (χ3v) is 4.69. The van der Waals surface area contributed by atoms with Gasteiger partial charge in [-0.1, -0.05) is 12.1 Å². The smallest absolute Gasteiger partial charge is 0.338 e. The molecule has 0 saturated carbocycles. The number of thiazole rings is 1. The second kappa shape index (κ2) is 8.62. The van der Waals surface area contributed by atoms with E-state index >= 15 is 0 Å². The van der Waals surface area contributed by atoms with Gasteiger partial charge in [-0.05, 0) is 36.4 Å². The van der Waals surface area contributed by atoms with E-state index in [-0.39, 0.29) is 18.2 Å². The van der Waals surface area contributed by atoms with Gasteiger partial charge in [0.2, 0.25) is 5.91 Å². The quantitative estimate of drug-likeness (QED) is 0.576. The lowest BCUT2D eigenvalue weighted by molar-refractivity contribution is -0.115. The molecule has 0 aliphatic carbocycles. The molecule has 6 nitrogen and oxygen atoms in total. The summed E-state index contributed by atoms with van der Waals surface area (Å²) in [5.41, 5.74) is 0.962. The number of rotatable bonds is 6. The van der Waals surface area contributed by atoms with E-state index in [1.165, 1.54) is 24.0 Å². The minimum Gasteiger partial charge on any atom is -0.497 e. The van der Waals surface area contributed by atoms with Crippen LogP contribution in [0.1, 0.15) is 23.0 Å². The molecule has 0 aliphatic heterocycles. The Bertz CT molecular complexity index is 988. The van der Waals surface area contributed by atoms with E-state index in [1.54, 1.807) is 48.9 Å². The van der Waals surface area contributed by atoms with Gasteiger partial charge in [-0.25, -0.2) is 14.2 Å². The summed E-state index contributed by atoms with van der Waals surface area (Å²) in [6, 6.07) is 12.5. The fourth-order valence-corrected chi connectivity index (χ4v) is 3.32. The maximum atomic E-state index is 14.1. The third kappa shape index (κ3) is 4.34. The number of carbonyl (C=O) groups excluding carboxylic acids is 2. The summed E-state index contributed by atoms with van der Waals surface area (Å²) in [5.74, 6) is -0.769.